The number of hydrogen-bond donors (Lipinski definition) is 1. The number of ether oxygens (including phenoxy) is 1. The highest BCUT2D eigenvalue weighted by molar-refractivity contribution is 5.59. The molecule has 0 unspecified atom stereocenters. The molecule has 0 saturated heterocycles. The summed E-state index contributed by atoms with van der Waals surface area (Å²) in [6.45, 7) is 11.4. The highest BCUT2D eigenvalue weighted by Crippen LogP contribution is 2.30. The van der Waals surface area contributed by atoms with Gasteiger partial charge in [-0.25, -0.2) is 0 Å². The Balaban J connectivity index is 2.90. The number of benzene rings is 1. The molecule has 0 fully saturated rings. The van der Waals surface area contributed by atoms with Gasteiger partial charge in [-0.05, 0) is 44.5 Å². The van der Waals surface area contributed by atoms with Crippen LogP contribution in [0.4, 0.5) is 5.69 Å². The summed E-state index contributed by atoms with van der Waals surface area (Å²) in [5.41, 5.74) is 2.46. The summed E-state index contributed by atoms with van der Waals surface area (Å²) in [6.07, 6.45) is 2.61. The summed E-state index contributed by atoms with van der Waals surface area (Å²) in [7, 11) is 2.14. The van der Waals surface area contributed by atoms with E-state index in [1.165, 1.54) is 24.1 Å². The molecule has 1 rings (SSSR count). The highest BCUT2D eigenvalue weighted by Gasteiger charge is 2.11. The van der Waals surface area contributed by atoms with Crippen LogP contribution in [0, 0.1) is 0 Å². The predicted molar refractivity (Wildman–Crippen MR) is 87.8 cm³/mol. The van der Waals surface area contributed by atoms with E-state index in [2.05, 4.69) is 63.2 Å². The van der Waals surface area contributed by atoms with E-state index in [-0.39, 0.29) is 6.10 Å². The van der Waals surface area contributed by atoms with Crippen molar-refractivity contribution in [3.63, 3.8) is 0 Å². The van der Waals surface area contributed by atoms with E-state index in [9.17, 15) is 0 Å². The third kappa shape index (κ3) is 5.41. The van der Waals surface area contributed by atoms with Crippen molar-refractivity contribution in [2.75, 3.05) is 25.0 Å². The molecule has 20 heavy (non-hydrogen) atoms. The van der Waals surface area contributed by atoms with Crippen LogP contribution in [0.15, 0.2) is 18.2 Å². The van der Waals surface area contributed by atoms with Gasteiger partial charge in [0, 0.05) is 20.1 Å². The van der Waals surface area contributed by atoms with Crippen LogP contribution in [-0.2, 0) is 6.54 Å². The summed E-state index contributed by atoms with van der Waals surface area (Å²) in [6, 6.07) is 6.54. The van der Waals surface area contributed by atoms with E-state index in [4.69, 9.17) is 4.74 Å². The maximum absolute atomic E-state index is 6.00. The van der Waals surface area contributed by atoms with Crippen molar-refractivity contribution in [2.45, 2.75) is 53.2 Å². The van der Waals surface area contributed by atoms with Gasteiger partial charge in [0.15, 0.2) is 0 Å². The maximum Gasteiger partial charge on any atom is 0.143 e. The molecule has 3 nitrogen and oxygen atoms in total. The molecule has 0 saturated carbocycles. The first-order valence-electron chi connectivity index (χ1n) is 7.79. The summed E-state index contributed by atoms with van der Waals surface area (Å²) in [5.74, 6) is 0.994. The van der Waals surface area contributed by atoms with Crippen LogP contribution in [0.5, 0.6) is 5.75 Å². The van der Waals surface area contributed by atoms with Gasteiger partial charge in [-0.2, -0.15) is 0 Å². The van der Waals surface area contributed by atoms with Crippen molar-refractivity contribution < 1.29 is 4.74 Å². The molecule has 0 radical (unpaired) electrons. The van der Waals surface area contributed by atoms with Crippen molar-refractivity contribution in [3.05, 3.63) is 23.8 Å². The van der Waals surface area contributed by atoms with Gasteiger partial charge < -0.3 is 15.0 Å². The lowest BCUT2D eigenvalue weighted by Crippen LogP contribution is -2.20. The largest absolute Gasteiger partial charge is 0.489 e. The Morgan fingerprint density at radius 2 is 2.00 bits per heavy atom. The molecule has 0 amide bonds. The van der Waals surface area contributed by atoms with Gasteiger partial charge in [0.05, 0.1) is 11.8 Å². The average molecular weight is 278 g/mol. The Kier molecular flexibility index (Phi) is 7.45. The molecule has 3 heteroatoms. The standard InChI is InChI=1S/C17H30N2O/c1-6-8-11-19(5)16-10-9-15(13-18-7-2)12-17(16)20-14(3)4/h9-10,12,14,18H,6-8,11,13H2,1-5H3. The normalized spacial score (nSPS) is 10.9. The van der Waals surface area contributed by atoms with Crippen LogP contribution in [0.3, 0.4) is 0 Å². The van der Waals surface area contributed by atoms with Gasteiger partial charge in [0.1, 0.15) is 5.75 Å². The van der Waals surface area contributed by atoms with Gasteiger partial charge in [0.2, 0.25) is 0 Å². The number of unbranched alkanes of at least 4 members (excludes halogenated alkanes) is 1. The van der Waals surface area contributed by atoms with E-state index in [0.29, 0.717) is 0 Å². The van der Waals surface area contributed by atoms with E-state index in [0.717, 1.165) is 25.4 Å². The first kappa shape index (κ1) is 16.8. The number of rotatable bonds is 9. The number of anilines is 1. The molecule has 0 aliphatic rings. The summed E-state index contributed by atoms with van der Waals surface area (Å²) in [4.78, 5) is 2.29. The van der Waals surface area contributed by atoms with Crippen LogP contribution >= 0.6 is 0 Å². The fourth-order valence-corrected chi connectivity index (χ4v) is 2.12. The predicted octanol–water partition coefficient (Wildman–Crippen LogP) is 3.82. The minimum absolute atomic E-state index is 0.197. The van der Waals surface area contributed by atoms with Gasteiger partial charge in [-0.15, -0.1) is 0 Å². The van der Waals surface area contributed by atoms with Gasteiger partial charge in [0.25, 0.3) is 0 Å². The van der Waals surface area contributed by atoms with E-state index in [1.54, 1.807) is 0 Å². The Hall–Kier alpha value is -1.22. The summed E-state index contributed by atoms with van der Waals surface area (Å²) < 4.78 is 6.00. The zero-order valence-electron chi connectivity index (χ0n) is 13.7. The lowest BCUT2D eigenvalue weighted by molar-refractivity contribution is 0.242. The lowest BCUT2D eigenvalue weighted by atomic mass is 10.1. The molecule has 0 atom stereocenters. The first-order chi connectivity index (χ1) is 9.58. The Bertz CT molecular complexity index is 391. The number of nitrogens with zero attached hydrogens (tertiary/aromatic N) is 1. The zero-order valence-corrected chi connectivity index (χ0v) is 13.7. The van der Waals surface area contributed by atoms with Crippen molar-refractivity contribution in [1.29, 1.82) is 0 Å². The SMILES string of the molecule is CCCCN(C)c1ccc(CNCC)cc1OC(C)C. The molecule has 1 aromatic rings. The van der Waals surface area contributed by atoms with E-state index in [1.807, 2.05) is 0 Å². The van der Waals surface area contributed by atoms with Crippen LogP contribution < -0.4 is 15.0 Å². The lowest BCUT2D eigenvalue weighted by Gasteiger charge is -2.24. The fourth-order valence-electron chi connectivity index (χ4n) is 2.12. The van der Waals surface area contributed by atoms with Crippen molar-refractivity contribution in [2.24, 2.45) is 0 Å². The van der Waals surface area contributed by atoms with Crippen LogP contribution in [0.25, 0.3) is 0 Å². The van der Waals surface area contributed by atoms with E-state index < -0.39 is 0 Å². The molecule has 114 valence electrons. The molecule has 1 aromatic carbocycles. The quantitative estimate of drug-likeness (QED) is 0.743. The Morgan fingerprint density at radius 1 is 1.25 bits per heavy atom. The second kappa shape index (κ2) is 8.85. The Morgan fingerprint density at radius 3 is 2.60 bits per heavy atom. The number of hydrogen-bond acceptors (Lipinski definition) is 3. The summed E-state index contributed by atoms with van der Waals surface area (Å²) in [5, 5.41) is 3.36. The van der Waals surface area contributed by atoms with E-state index >= 15 is 0 Å². The molecule has 0 bridgehead atoms. The monoisotopic (exact) mass is 278 g/mol. The molecule has 0 spiro atoms. The van der Waals surface area contributed by atoms with Crippen LogP contribution in [-0.4, -0.2) is 26.2 Å². The van der Waals surface area contributed by atoms with Crippen LogP contribution in [0.1, 0.15) is 46.1 Å². The van der Waals surface area contributed by atoms with Gasteiger partial charge in [-0.1, -0.05) is 26.3 Å². The third-order valence-corrected chi connectivity index (χ3v) is 3.22. The molecular weight excluding hydrogens is 248 g/mol. The summed E-state index contributed by atoms with van der Waals surface area (Å²) >= 11 is 0. The second-order valence-electron chi connectivity index (χ2n) is 5.52. The minimum Gasteiger partial charge on any atom is -0.489 e. The van der Waals surface area contributed by atoms with Crippen molar-refractivity contribution >= 4 is 5.69 Å². The third-order valence-electron chi connectivity index (χ3n) is 3.22. The molecule has 0 aromatic heterocycles. The van der Waals surface area contributed by atoms with Crippen molar-refractivity contribution in [3.8, 4) is 5.75 Å². The maximum atomic E-state index is 6.00. The topological polar surface area (TPSA) is 24.5 Å². The smallest absolute Gasteiger partial charge is 0.143 e. The molecular formula is C17H30N2O. The van der Waals surface area contributed by atoms with Crippen molar-refractivity contribution in [1.82, 2.24) is 5.32 Å². The molecule has 0 aliphatic heterocycles. The van der Waals surface area contributed by atoms with Crippen LogP contribution in [0.2, 0.25) is 0 Å². The zero-order chi connectivity index (χ0) is 15.0. The fraction of sp³-hybridized carbons (Fsp3) is 0.647. The van der Waals surface area contributed by atoms with Gasteiger partial charge >= 0.3 is 0 Å². The average Bonchev–Trinajstić information content (AvgIpc) is 2.42. The molecule has 1 N–H and O–H groups in total. The first-order valence-corrected chi connectivity index (χ1v) is 7.79. The second-order valence-corrected chi connectivity index (χ2v) is 5.52. The molecule has 0 heterocycles. The highest BCUT2D eigenvalue weighted by atomic mass is 16.5. The number of nitrogens with one attached hydrogen (secondary N) is 1. The van der Waals surface area contributed by atoms with Gasteiger partial charge in [-0.3, -0.25) is 0 Å². The molecule has 0 aliphatic carbocycles. The minimum atomic E-state index is 0.197. The Labute approximate surface area is 124 Å².